The molecule has 13 heavy (non-hydrogen) atoms. The van der Waals surface area contributed by atoms with Gasteiger partial charge in [0.25, 0.3) is 0 Å². The quantitative estimate of drug-likeness (QED) is 0.673. The molecule has 0 spiro atoms. The molecule has 1 heterocycles. The third kappa shape index (κ3) is 3.57. The highest BCUT2D eigenvalue weighted by Gasteiger charge is 2.00. The maximum absolute atomic E-state index is 4.93. The van der Waals surface area contributed by atoms with E-state index in [-0.39, 0.29) is 0 Å². The molecule has 1 aromatic rings. The lowest BCUT2D eigenvalue weighted by molar-refractivity contribution is 0.194. The van der Waals surface area contributed by atoms with Crippen LogP contribution in [0, 0.1) is 6.92 Å². The first-order chi connectivity index (χ1) is 6.34. The van der Waals surface area contributed by atoms with Gasteiger partial charge in [-0.1, -0.05) is 5.16 Å². The van der Waals surface area contributed by atoms with E-state index in [1.807, 2.05) is 6.92 Å². The lowest BCUT2D eigenvalue weighted by Gasteiger charge is -2.01. The fraction of sp³-hybridized carbons (Fsp3) is 0.667. The van der Waals surface area contributed by atoms with Crippen LogP contribution in [-0.4, -0.2) is 25.4 Å². The van der Waals surface area contributed by atoms with E-state index in [9.17, 15) is 0 Å². The minimum atomic E-state index is 0.770. The number of aromatic nitrogens is 1. The Morgan fingerprint density at radius 3 is 3.08 bits per heavy atom. The van der Waals surface area contributed by atoms with Crippen molar-refractivity contribution >= 4 is 0 Å². The van der Waals surface area contributed by atoms with E-state index in [0.29, 0.717) is 0 Å². The summed E-state index contributed by atoms with van der Waals surface area (Å²) in [5.74, 6) is 0. The van der Waals surface area contributed by atoms with Crippen molar-refractivity contribution in [1.82, 2.24) is 10.5 Å². The van der Waals surface area contributed by atoms with Gasteiger partial charge in [-0.25, -0.2) is 0 Å². The average Bonchev–Trinajstić information content (AvgIpc) is 2.52. The van der Waals surface area contributed by atoms with Crippen LogP contribution in [0.5, 0.6) is 0 Å². The van der Waals surface area contributed by atoms with Crippen molar-refractivity contribution in [2.75, 3.05) is 20.3 Å². The Labute approximate surface area is 78.2 Å². The molecule has 0 aliphatic heterocycles. The van der Waals surface area contributed by atoms with Crippen molar-refractivity contribution in [3.63, 3.8) is 0 Å². The summed E-state index contributed by atoms with van der Waals surface area (Å²) in [6, 6.07) is 0. The van der Waals surface area contributed by atoms with Gasteiger partial charge in [-0.15, -0.1) is 0 Å². The number of nitrogens with one attached hydrogen (secondary N) is 1. The molecule has 0 aromatic carbocycles. The van der Waals surface area contributed by atoms with Crippen LogP contribution in [-0.2, 0) is 11.3 Å². The van der Waals surface area contributed by atoms with Gasteiger partial charge < -0.3 is 14.6 Å². The Balaban J connectivity index is 2.10. The third-order valence-corrected chi connectivity index (χ3v) is 1.84. The Morgan fingerprint density at radius 2 is 2.46 bits per heavy atom. The zero-order valence-electron chi connectivity index (χ0n) is 8.17. The predicted molar refractivity (Wildman–Crippen MR) is 49.4 cm³/mol. The highest BCUT2D eigenvalue weighted by molar-refractivity contribution is 5.11. The Bertz CT molecular complexity index is 235. The highest BCUT2D eigenvalue weighted by Crippen LogP contribution is 2.02. The van der Waals surface area contributed by atoms with Crippen LogP contribution in [0.3, 0.4) is 0 Å². The number of rotatable bonds is 6. The Morgan fingerprint density at radius 1 is 1.62 bits per heavy atom. The molecule has 0 unspecified atom stereocenters. The molecule has 0 aliphatic rings. The van der Waals surface area contributed by atoms with E-state index in [4.69, 9.17) is 9.26 Å². The summed E-state index contributed by atoms with van der Waals surface area (Å²) in [5, 5.41) is 7.13. The fourth-order valence-corrected chi connectivity index (χ4v) is 1.03. The first-order valence-electron chi connectivity index (χ1n) is 4.44. The lowest BCUT2D eigenvalue weighted by Crippen LogP contribution is -2.16. The molecule has 0 saturated carbocycles. The number of ether oxygens (including phenoxy) is 1. The van der Waals surface area contributed by atoms with Gasteiger partial charge in [0.1, 0.15) is 12.0 Å². The molecule has 1 rings (SSSR count). The molecule has 0 saturated heterocycles. The van der Waals surface area contributed by atoms with Crippen LogP contribution in [0.1, 0.15) is 17.7 Å². The molecule has 0 atom stereocenters. The smallest absolute Gasteiger partial charge is 0.127 e. The Hall–Kier alpha value is -0.870. The molecular weight excluding hydrogens is 168 g/mol. The maximum Gasteiger partial charge on any atom is 0.127 e. The van der Waals surface area contributed by atoms with Crippen LogP contribution in [0.4, 0.5) is 0 Å². The summed E-state index contributed by atoms with van der Waals surface area (Å²) in [5.41, 5.74) is 2.08. The average molecular weight is 184 g/mol. The summed E-state index contributed by atoms with van der Waals surface area (Å²) in [6.07, 6.45) is 2.68. The number of methoxy groups -OCH3 is 1. The SMILES string of the molecule is COCCCNCc1nocc1C. The van der Waals surface area contributed by atoms with Gasteiger partial charge >= 0.3 is 0 Å². The van der Waals surface area contributed by atoms with E-state index in [1.165, 1.54) is 0 Å². The summed E-state index contributed by atoms with van der Waals surface area (Å²) in [6.45, 7) is 4.50. The monoisotopic (exact) mass is 184 g/mol. The number of hydrogen-bond donors (Lipinski definition) is 1. The number of nitrogens with zero attached hydrogens (tertiary/aromatic N) is 1. The van der Waals surface area contributed by atoms with Crippen LogP contribution in [0.2, 0.25) is 0 Å². The van der Waals surface area contributed by atoms with Gasteiger partial charge in [0.2, 0.25) is 0 Å². The van der Waals surface area contributed by atoms with Crippen molar-refractivity contribution in [3.05, 3.63) is 17.5 Å². The van der Waals surface area contributed by atoms with Crippen molar-refractivity contribution < 1.29 is 9.26 Å². The standard InChI is InChI=1S/C9H16N2O2/c1-8-7-13-11-9(8)6-10-4-3-5-12-2/h7,10H,3-6H2,1-2H3. The minimum Gasteiger partial charge on any atom is -0.385 e. The minimum absolute atomic E-state index is 0.770. The molecule has 1 N–H and O–H groups in total. The zero-order chi connectivity index (χ0) is 9.52. The highest BCUT2D eigenvalue weighted by atomic mass is 16.5. The topological polar surface area (TPSA) is 47.3 Å². The van der Waals surface area contributed by atoms with E-state index in [0.717, 1.165) is 37.4 Å². The van der Waals surface area contributed by atoms with Gasteiger partial charge in [0, 0.05) is 25.8 Å². The third-order valence-electron chi connectivity index (χ3n) is 1.84. The molecule has 1 aromatic heterocycles. The van der Waals surface area contributed by atoms with Crippen LogP contribution >= 0.6 is 0 Å². The van der Waals surface area contributed by atoms with E-state index >= 15 is 0 Å². The van der Waals surface area contributed by atoms with E-state index in [2.05, 4.69) is 10.5 Å². The molecule has 0 amide bonds. The molecule has 0 fully saturated rings. The largest absolute Gasteiger partial charge is 0.385 e. The van der Waals surface area contributed by atoms with Crippen LogP contribution in [0.25, 0.3) is 0 Å². The zero-order valence-corrected chi connectivity index (χ0v) is 8.17. The van der Waals surface area contributed by atoms with Gasteiger partial charge in [0.15, 0.2) is 0 Å². The molecule has 0 aliphatic carbocycles. The molecular formula is C9H16N2O2. The number of aryl methyl sites for hydroxylation is 1. The molecule has 4 heteroatoms. The first kappa shape index (κ1) is 10.2. The first-order valence-corrected chi connectivity index (χ1v) is 4.44. The number of hydrogen-bond acceptors (Lipinski definition) is 4. The summed E-state index contributed by atoms with van der Waals surface area (Å²) >= 11 is 0. The lowest BCUT2D eigenvalue weighted by atomic mass is 10.3. The summed E-state index contributed by atoms with van der Waals surface area (Å²) in [7, 11) is 1.71. The van der Waals surface area contributed by atoms with Crippen molar-refractivity contribution in [1.29, 1.82) is 0 Å². The van der Waals surface area contributed by atoms with Crippen LogP contribution < -0.4 is 5.32 Å². The molecule has 0 bridgehead atoms. The molecule has 0 radical (unpaired) electrons. The van der Waals surface area contributed by atoms with Crippen molar-refractivity contribution in [2.24, 2.45) is 0 Å². The van der Waals surface area contributed by atoms with Crippen molar-refractivity contribution in [3.8, 4) is 0 Å². The van der Waals surface area contributed by atoms with Crippen molar-refractivity contribution in [2.45, 2.75) is 19.9 Å². The molecule has 74 valence electrons. The molecule has 4 nitrogen and oxygen atoms in total. The summed E-state index contributed by atoms with van der Waals surface area (Å²) < 4.78 is 9.74. The second-order valence-corrected chi connectivity index (χ2v) is 2.97. The van der Waals surface area contributed by atoms with Gasteiger partial charge in [-0.3, -0.25) is 0 Å². The fourth-order valence-electron chi connectivity index (χ4n) is 1.03. The second-order valence-electron chi connectivity index (χ2n) is 2.97. The normalized spacial score (nSPS) is 10.6. The van der Waals surface area contributed by atoms with Gasteiger partial charge in [0.05, 0.1) is 0 Å². The summed E-state index contributed by atoms with van der Waals surface area (Å²) in [4.78, 5) is 0. The maximum atomic E-state index is 4.93. The second kappa shape index (κ2) is 5.72. The van der Waals surface area contributed by atoms with Gasteiger partial charge in [-0.2, -0.15) is 0 Å². The predicted octanol–water partition coefficient (Wildman–Crippen LogP) is 1.11. The van der Waals surface area contributed by atoms with E-state index in [1.54, 1.807) is 13.4 Å². The Kier molecular flexibility index (Phi) is 4.49. The van der Waals surface area contributed by atoms with Crippen LogP contribution in [0.15, 0.2) is 10.8 Å². The van der Waals surface area contributed by atoms with E-state index < -0.39 is 0 Å². The van der Waals surface area contributed by atoms with Gasteiger partial charge in [-0.05, 0) is 19.9 Å².